The molecule has 55 heavy (non-hydrogen) atoms. The van der Waals surface area contributed by atoms with Gasteiger partial charge >= 0.3 is 0 Å². The zero-order chi connectivity index (χ0) is 36.3. The lowest BCUT2D eigenvalue weighted by atomic mass is 9.66. The Kier molecular flexibility index (Phi) is 7.08. The summed E-state index contributed by atoms with van der Waals surface area (Å²) in [6.07, 6.45) is 3.60. The molecule has 0 N–H and O–H groups in total. The SMILES string of the molecule is c1ccc(-c2ccc(-c3cc(-c4ccc5c(c4)-c4ccccc4-c4ccccc4C54c5ccccc5-c5ccccc54)nc(-c4ccncc4)n3)cc2)cc1. The van der Waals surface area contributed by atoms with Crippen molar-refractivity contribution in [2.45, 2.75) is 5.41 Å². The second-order valence-corrected chi connectivity index (χ2v) is 14.3. The van der Waals surface area contributed by atoms with E-state index in [0.29, 0.717) is 5.82 Å². The van der Waals surface area contributed by atoms with E-state index in [1.165, 1.54) is 66.8 Å². The fourth-order valence-electron chi connectivity index (χ4n) is 9.05. The Morgan fingerprint density at radius 3 is 1.35 bits per heavy atom. The van der Waals surface area contributed by atoms with Crippen molar-refractivity contribution >= 4 is 0 Å². The first-order valence-electron chi connectivity index (χ1n) is 18.8. The van der Waals surface area contributed by atoms with Gasteiger partial charge in [0.15, 0.2) is 5.82 Å². The Balaban J connectivity index is 1.16. The summed E-state index contributed by atoms with van der Waals surface area (Å²) in [5, 5.41) is 0. The van der Waals surface area contributed by atoms with Crippen LogP contribution in [0, 0.1) is 0 Å². The summed E-state index contributed by atoms with van der Waals surface area (Å²) in [7, 11) is 0. The molecule has 0 bridgehead atoms. The van der Waals surface area contributed by atoms with Gasteiger partial charge in [0.25, 0.3) is 0 Å². The maximum Gasteiger partial charge on any atom is 0.160 e. The van der Waals surface area contributed by atoms with E-state index in [9.17, 15) is 0 Å². The summed E-state index contributed by atoms with van der Waals surface area (Å²) in [5.74, 6) is 0.667. The molecular formula is C52H33N3. The van der Waals surface area contributed by atoms with E-state index in [1.54, 1.807) is 12.4 Å². The van der Waals surface area contributed by atoms with Gasteiger partial charge in [0.1, 0.15) is 0 Å². The van der Waals surface area contributed by atoms with E-state index in [-0.39, 0.29) is 0 Å². The molecule has 0 saturated carbocycles. The third-order valence-electron chi connectivity index (χ3n) is 11.5. The Morgan fingerprint density at radius 2 is 0.727 bits per heavy atom. The minimum atomic E-state index is -0.518. The molecular weight excluding hydrogens is 667 g/mol. The molecule has 0 saturated heterocycles. The molecule has 0 aliphatic heterocycles. The van der Waals surface area contributed by atoms with Crippen molar-refractivity contribution in [3.05, 3.63) is 223 Å². The first kappa shape index (κ1) is 31.3. The highest BCUT2D eigenvalue weighted by atomic mass is 14.9. The first-order valence-corrected chi connectivity index (χ1v) is 18.8. The molecule has 9 aromatic rings. The minimum Gasteiger partial charge on any atom is -0.265 e. The van der Waals surface area contributed by atoms with Crippen molar-refractivity contribution in [1.29, 1.82) is 0 Å². The monoisotopic (exact) mass is 699 g/mol. The molecule has 1 spiro atoms. The highest BCUT2D eigenvalue weighted by molar-refractivity contribution is 5.98. The van der Waals surface area contributed by atoms with Crippen LogP contribution in [0.15, 0.2) is 200 Å². The lowest BCUT2D eigenvalue weighted by Gasteiger charge is -2.35. The van der Waals surface area contributed by atoms with E-state index in [4.69, 9.17) is 9.97 Å². The number of pyridine rings is 1. The van der Waals surface area contributed by atoms with Crippen LogP contribution in [0.3, 0.4) is 0 Å². The summed E-state index contributed by atoms with van der Waals surface area (Å²) in [5.41, 5.74) is 19.2. The van der Waals surface area contributed by atoms with E-state index in [1.807, 2.05) is 18.2 Å². The highest BCUT2D eigenvalue weighted by Crippen LogP contribution is 2.61. The zero-order valence-electron chi connectivity index (χ0n) is 29.9. The molecule has 0 amide bonds. The van der Waals surface area contributed by atoms with Gasteiger partial charge in [-0.15, -0.1) is 0 Å². The molecule has 7 aromatic carbocycles. The van der Waals surface area contributed by atoms with Crippen molar-refractivity contribution in [1.82, 2.24) is 15.0 Å². The fourth-order valence-corrected chi connectivity index (χ4v) is 9.05. The molecule has 256 valence electrons. The molecule has 0 fully saturated rings. The number of benzene rings is 7. The van der Waals surface area contributed by atoms with E-state index in [0.717, 1.165) is 28.1 Å². The third kappa shape index (κ3) is 4.80. The van der Waals surface area contributed by atoms with Gasteiger partial charge < -0.3 is 0 Å². The number of fused-ring (bicyclic) bond motifs is 12. The standard InChI is InChI=1S/C52H33N3/c1-2-12-34(13-3-1)35-22-24-36(25-23-35)49-33-50(55-51(54-49)37-28-30-53-31-29-37)38-26-27-48-44(32-38)40-15-5-4-14-39(40)41-16-6-9-19-45(41)52(48)46-20-10-7-17-42(46)43-18-8-11-21-47(43)52/h1-33H. The number of aromatic nitrogens is 3. The number of nitrogens with zero attached hydrogens (tertiary/aromatic N) is 3. The zero-order valence-corrected chi connectivity index (χ0v) is 29.9. The fraction of sp³-hybridized carbons (Fsp3) is 0.0192. The van der Waals surface area contributed by atoms with Gasteiger partial charge in [-0.05, 0) is 91.0 Å². The van der Waals surface area contributed by atoms with Crippen molar-refractivity contribution in [2.24, 2.45) is 0 Å². The molecule has 2 heterocycles. The highest BCUT2D eigenvalue weighted by Gasteiger charge is 2.49. The summed E-state index contributed by atoms with van der Waals surface area (Å²) in [6.45, 7) is 0. The van der Waals surface area contributed by atoms with Crippen LogP contribution in [0.1, 0.15) is 22.3 Å². The molecule has 3 heteroatoms. The minimum absolute atomic E-state index is 0.518. The summed E-state index contributed by atoms with van der Waals surface area (Å²) >= 11 is 0. The Morgan fingerprint density at radius 1 is 0.291 bits per heavy atom. The Hall–Kier alpha value is -7.23. The van der Waals surface area contributed by atoms with Crippen LogP contribution in [-0.2, 0) is 5.41 Å². The van der Waals surface area contributed by atoms with Crippen LogP contribution < -0.4 is 0 Å². The van der Waals surface area contributed by atoms with Gasteiger partial charge in [-0.25, -0.2) is 9.97 Å². The van der Waals surface area contributed by atoms with Crippen LogP contribution >= 0.6 is 0 Å². The summed E-state index contributed by atoms with van der Waals surface area (Å²) < 4.78 is 0. The van der Waals surface area contributed by atoms with Crippen LogP contribution in [-0.4, -0.2) is 15.0 Å². The largest absolute Gasteiger partial charge is 0.265 e. The second kappa shape index (κ2) is 12.4. The van der Waals surface area contributed by atoms with Gasteiger partial charge in [0.05, 0.1) is 16.8 Å². The molecule has 3 nitrogen and oxygen atoms in total. The van der Waals surface area contributed by atoms with E-state index >= 15 is 0 Å². The molecule has 2 aliphatic carbocycles. The maximum atomic E-state index is 5.25. The van der Waals surface area contributed by atoms with Crippen molar-refractivity contribution < 1.29 is 0 Å². The average molecular weight is 700 g/mol. The molecule has 0 atom stereocenters. The molecule has 11 rings (SSSR count). The van der Waals surface area contributed by atoms with Crippen molar-refractivity contribution in [3.63, 3.8) is 0 Å². The average Bonchev–Trinajstić information content (AvgIpc) is 3.52. The van der Waals surface area contributed by atoms with Crippen molar-refractivity contribution in [3.8, 4) is 78.4 Å². The summed E-state index contributed by atoms with van der Waals surface area (Å²) in [4.78, 5) is 14.7. The second-order valence-electron chi connectivity index (χ2n) is 14.3. The normalized spacial score (nSPS) is 12.9. The molecule has 2 aromatic heterocycles. The van der Waals surface area contributed by atoms with Gasteiger partial charge in [-0.2, -0.15) is 0 Å². The molecule has 0 unspecified atom stereocenters. The van der Waals surface area contributed by atoms with Gasteiger partial charge in [-0.1, -0.05) is 164 Å². The molecule has 2 aliphatic rings. The maximum absolute atomic E-state index is 5.25. The van der Waals surface area contributed by atoms with Crippen molar-refractivity contribution in [2.75, 3.05) is 0 Å². The Labute approximate surface area is 320 Å². The number of hydrogen-bond donors (Lipinski definition) is 0. The number of rotatable bonds is 4. The van der Waals surface area contributed by atoms with Gasteiger partial charge in [0.2, 0.25) is 0 Å². The first-order chi connectivity index (χ1) is 27.3. The smallest absolute Gasteiger partial charge is 0.160 e. The van der Waals surface area contributed by atoms with Gasteiger partial charge in [0, 0.05) is 29.1 Å². The number of hydrogen-bond acceptors (Lipinski definition) is 3. The predicted molar refractivity (Wildman–Crippen MR) is 223 cm³/mol. The van der Waals surface area contributed by atoms with E-state index < -0.39 is 5.41 Å². The van der Waals surface area contributed by atoms with Crippen LogP contribution in [0.4, 0.5) is 0 Å². The predicted octanol–water partition coefficient (Wildman–Crippen LogP) is 12.6. The lowest BCUT2D eigenvalue weighted by molar-refractivity contribution is 0.775. The topological polar surface area (TPSA) is 38.7 Å². The van der Waals surface area contributed by atoms with Gasteiger partial charge in [-0.3, -0.25) is 4.98 Å². The lowest BCUT2D eigenvalue weighted by Crippen LogP contribution is -2.29. The van der Waals surface area contributed by atoms with E-state index in [2.05, 4.69) is 175 Å². The molecule has 0 radical (unpaired) electrons. The quantitative estimate of drug-likeness (QED) is 0.184. The van der Waals surface area contributed by atoms with Crippen LogP contribution in [0.2, 0.25) is 0 Å². The van der Waals surface area contributed by atoms with Crippen LogP contribution in [0.5, 0.6) is 0 Å². The third-order valence-corrected chi connectivity index (χ3v) is 11.5. The Bertz CT molecular complexity index is 2870. The summed E-state index contributed by atoms with van der Waals surface area (Å²) in [6, 6.07) is 68.1. The van der Waals surface area contributed by atoms with Crippen LogP contribution in [0.25, 0.3) is 78.4 Å².